The first kappa shape index (κ1) is 14.6. The van der Waals surface area contributed by atoms with Crippen molar-refractivity contribution in [2.75, 3.05) is 20.3 Å². The Morgan fingerprint density at radius 1 is 1.56 bits per heavy atom. The van der Waals surface area contributed by atoms with Crippen molar-refractivity contribution in [3.05, 3.63) is 11.9 Å². The molecular weight excluding hydrogens is 246 g/mol. The minimum absolute atomic E-state index is 0.0226. The maximum Gasteiger partial charge on any atom is 0.261 e. The molecule has 18 heavy (non-hydrogen) atoms. The summed E-state index contributed by atoms with van der Waals surface area (Å²) in [7, 11) is 1.45. The Kier molecular flexibility index (Phi) is 5.70. The van der Waals surface area contributed by atoms with Gasteiger partial charge < -0.3 is 9.47 Å². The second-order valence-corrected chi connectivity index (χ2v) is 3.52. The van der Waals surface area contributed by atoms with Gasteiger partial charge in [0.05, 0.1) is 19.9 Å². The van der Waals surface area contributed by atoms with Gasteiger partial charge in [0, 0.05) is 13.0 Å². The van der Waals surface area contributed by atoms with Crippen LogP contribution < -0.4 is 4.74 Å². The quantitative estimate of drug-likeness (QED) is 0.529. The summed E-state index contributed by atoms with van der Waals surface area (Å²) < 4.78 is 34.9. The molecule has 1 aromatic rings. The number of aryl methyl sites for hydroxylation is 1. The van der Waals surface area contributed by atoms with E-state index in [0.717, 1.165) is 0 Å². The molecular formula is C11H16F2N2O3. The number of carbonyl (C=O) groups is 1. The van der Waals surface area contributed by atoms with Gasteiger partial charge in [-0.3, -0.25) is 9.48 Å². The molecule has 0 amide bonds. The lowest BCUT2D eigenvalue weighted by Gasteiger charge is -2.07. The van der Waals surface area contributed by atoms with Crippen molar-refractivity contribution >= 4 is 5.78 Å². The molecule has 0 bridgehead atoms. The van der Waals surface area contributed by atoms with Crippen molar-refractivity contribution in [3.8, 4) is 5.75 Å². The zero-order chi connectivity index (χ0) is 13.5. The lowest BCUT2D eigenvalue weighted by molar-refractivity contribution is 0.0168. The molecule has 0 aliphatic heterocycles. The van der Waals surface area contributed by atoms with Gasteiger partial charge in [-0.25, -0.2) is 8.78 Å². The number of Topliss-reactive ketones (excluding diaryl/α,β-unsaturated/α-hetero) is 1. The number of halogens is 2. The predicted octanol–water partition coefficient (Wildman–Crippen LogP) is 1.77. The monoisotopic (exact) mass is 262 g/mol. The van der Waals surface area contributed by atoms with E-state index in [2.05, 4.69) is 9.84 Å². The van der Waals surface area contributed by atoms with Crippen molar-refractivity contribution in [2.45, 2.75) is 26.3 Å². The van der Waals surface area contributed by atoms with Crippen LogP contribution in [0.3, 0.4) is 0 Å². The molecule has 0 saturated heterocycles. The zero-order valence-electron chi connectivity index (χ0n) is 10.4. The SMILES string of the molecule is CCn1ncc(OC)c1C(=O)CCOCC(F)F. The smallest absolute Gasteiger partial charge is 0.261 e. The van der Waals surface area contributed by atoms with Crippen molar-refractivity contribution < 1.29 is 23.0 Å². The number of ketones is 1. The maximum atomic E-state index is 11.9. The molecule has 0 unspecified atom stereocenters. The third kappa shape index (κ3) is 3.76. The highest BCUT2D eigenvalue weighted by molar-refractivity contribution is 5.97. The van der Waals surface area contributed by atoms with E-state index < -0.39 is 13.0 Å². The third-order valence-electron chi connectivity index (χ3n) is 2.31. The summed E-state index contributed by atoms with van der Waals surface area (Å²) in [6.07, 6.45) is -1.04. The highest BCUT2D eigenvalue weighted by Gasteiger charge is 2.18. The van der Waals surface area contributed by atoms with Gasteiger partial charge in [-0.15, -0.1) is 0 Å². The predicted molar refractivity (Wildman–Crippen MR) is 60.2 cm³/mol. The number of carbonyl (C=O) groups excluding carboxylic acids is 1. The van der Waals surface area contributed by atoms with Gasteiger partial charge >= 0.3 is 0 Å². The molecule has 0 saturated carbocycles. The molecule has 0 aromatic carbocycles. The van der Waals surface area contributed by atoms with Crippen LogP contribution in [-0.4, -0.2) is 42.3 Å². The van der Waals surface area contributed by atoms with E-state index in [1.807, 2.05) is 6.92 Å². The van der Waals surface area contributed by atoms with E-state index in [-0.39, 0.29) is 18.8 Å². The molecule has 5 nitrogen and oxygen atoms in total. The van der Waals surface area contributed by atoms with Crippen LogP contribution in [0.4, 0.5) is 8.78 Å². The summed E-state index contributed by atoms with van der Waals surface area (Å²) in [5.41, 5.74) is 0.348. The van der Waals surface area contributed by atoms with Crippen LogP contribution in [0.15, 0.2) is 6.20 Å². The number of hydrogen-bond donors (Lipinski definition) is 0. The number of hydrogen-bond acceptors (Lipinski definition) is 4. The Morgan fingerprint density at radius 3 is 2.83 bits per heavy atom. The summed E-state index contributed by atoms with van der Waals surface area (Å²) in [6, 6.07) is 0. The summed E-state index contributed by atoms with van der Waals surface area (Å²) in [4.78, 5) is 11.9. The summed E-state index contributed by atoms with van der Waals surface area (Å²) >= 11 is 0. The molecule has 1 aromatic heterocycles. The molecule has 0 spiro atoms. The van der Waals surface area contributed by atoms with Crippen molar-refractivity contribution in [2.24, 2.45) is 0 Å². The number of ether oxygens (including phenoxy) is 2. The van der Waals surface area contributed by atoms with Crippen LogP contribution in [0.25, 0.3) is 0 Å². The Bertz CT molecular complexity index is 372. The van der Waals surface area contributed by atoms with Crippen LogP contribution >= 0.6 is 0 Å². The van der Waals surface area contributed by atoms with Crippen LogP contribution in [0.1, 0.15) is 23.8 Å². The minimum atomic E-state index is -2.52. The zero-order valence-corrected chi connectivity index (χ0v) is 10.4. The lowest BCUT2D eigenvalue weighted by Crippen LogP contribution is -2.14. The van der Waals surface area contributed by atoms with Crippen LogP contribution in [0.5, 0.6) is 5.75 Å². The molecule has 102 valence electrons. The van der Waals surface area contributed by atoms with Crippen LogP contribution in [0.2, 0.25) is 0 Å². The molecule has 0 radical (unpaired) electrons. The summed E-state index contributed by atoms with van der Waals surface area (Å²) in [5, 5.41) is 3.99. The van der Waals surface area contributed by atoms with Gasteiger partial charge in [0.1, 0.15) is 12.3 Å². The number of alkyl halides is 2. The van der Waals surface area contributed by atoms with Crippen LogP contribution in [0, 0.1) is 0 Å². The fourth-order valence-electron chi connectivity index (χ4n) is 1.49. The van der Waals surface area contributed by atoms with Gasteiger partial charge in [-0.1, -0.05) is 0 Å². The van der Waals surface area contributed by atoms with E-state index in [4.69, 9.17) is 4.74 Å². The highest BCUT2D eigenvalue weighted by atomic mass is 19.3. The largest absolute Gasteiger partial charge is 0.493 e. The van der Waals surface area contributed by atoms with Crippen molar-refractivity contribution in [1.82, 2.24) is 9.78 Å². The maximum absolute atomic E-state index is 11.9. The fourth-order valence-corrected chi connectivity index (χ4v) is 1.49. The highest BCUT2D eigenvalue weighted by Crippen LogP contribution is 2.19. The molecule has 1 heterocycles. The molecule has 1 rings (SSSR count). The van der Waals surface area contributed by atoms with Crippen LogP contribution in [-0.2, 0) is 11.3 Å². The first-order valence-corrected chi connectivity index (χ1v) is 5.59. The third-order valence-corrected chi connectivity index (χ3v) is 2.31. The number of aromatic nitrogens is 2. The Balaban J connectivity index is 2.57. The first-order chi connectivity index (χ1) is 8.60. The van der Waals surface area contributed by atoms with E-state index in [0.29, 0.717) is 18.0 Å². The number of nitrogens with zero attached hydrogens (tertiary/aromatic N) is 2. The van der Waals surface area contributed by atoms with E-state index in [9.17, 15) is 13.6 Å². The normalized spacial score (nSPS) is 10.9. The average molecular weight is 262 g/mol. The molecule has 0 aliphatic rings. The molecule has 0 atom stereocenters. The second-order valence-electron chi connectivity index (χ2n) is 3.52. The molecule has 7 heteroatoms. The Hall–Kier alpha value is -1.50. The summed E-state index contributed by atoms with van der Waals surface area (Å²) in [5.74, 6) is 0.149. The standard InChI is InChI=1S/C11H16F2N2O3/c1-3-15-11(9(17-2)6-14-15)8(16)4-5-18-7-10(12)13/h6,10H,3-5,7H2,1-2H3. The lowest BCUT2D eigenvalue weighted by atomic mass is 10.2. The topological polar surface area (TPSA) is 53.4 Å². The molecule has 0 fully saturated rings. The van der Waals surface area contributed by atoms with Crippen molar-refractivity contribution in [1.29, 1.82) is 0 Å². The van der Waals surface area contributed by atoms with Crippen molar-refractivity contribution in [3.63, 3.8) is 0 Å². The average Bonchev–Trinajstić information content (AvgIpc) is 2.76. The van der Waals surface area contributed by atoms with Gasteiger partial charge in [0.2, 0.25) is 0 Å². The number of methoxy groups -OCH3 is 1. The Labute approximate surface area is 104 Å². The van der Waals surface area contributed by atoms with Gasteiger partial charge in [0.25, 0.3) is 6.43 Å². The van der Waals surface area contributed by atoms with Gasteiger partial charge in [0.15, 0.2) is 11.5 Å². The first-order valence-electron chi connectivity index (χ1n) is 5.59. The number of rotatable bonds is 8. The van der Waals surface area contributed by atoms with Gasteiger partial charge in [-0.2, -0.15) is 5.10 Å². The Morgan fingerprint density at radius 2 is 2.28 bits per heavy atom. The second kappa shape index (κ2) is 7.05. The van der Waals surface area contributed by atoms with E-state index >= 15 is 0 Å². The van der Waals surface area contributed by atoms with E-state index in [1.165, 1.54) is 18.0 Å². The fraction of sp³-hybridized carbons (Fsp3) is 0.636. The molecule has 0 N–H and O–H groups in total. The van der Waals surface area contributed by atoms with Gasteiger partial charge in [-0.05, 0) is 6.92 Å². The summed E-state index contributed by atoms with van der Waals surface area (Å²) in [6.45, 7) is 1.68. The minimum Gasteiger partial charge on any atom is -0.493 e. The molecule has 0 aliphatic carbocycles. The van der Waals surface area contributed by atoms with E-state index in [1.54, 1.807) is 0 Å².